The van der Waals surface area contributed by atoms with E-state index in [4.69, 9.17) is 15.0 Å². The highest BCUT2D eigenvalue weighted by molar-refractivity contribution is 7.27. The van der Waals surface area contributed by atoms with Crippen LogP contribution >= 0.6 is 11.3 Å². The number of benzene rings is 9. The van der Waals surface area contributed by atoms with E-state index in [1.807, 2.05) is 47.7 Å². The van der Waals surface area contributed by atoms with E-state index in [1.54, 1.807) is 0 Å². The molecule has 57 heavy (non-hydrogen) atoms. The summed E-state index contributed by atoms with van der Waals surface area (Å²) in [5.74, 6) is 1.94. The van der Waals surface area contributed by atoms with E-state index in [1.165, 1.54) is 69.7 Å². The molecule has 0 atom stereocenters. The number of fused-ring (bicyclic) bond motifs is 6. The van der Waals surface area contributed by atoms with Crippen molar-refractivity contribution in [1.29, 1.82) is 0 Å². The average molecular weight is 744 g/mol. The number of aromatic nitrogens is 3. The van der Waals surface area contributed by atoms with Crippen LogP contribution in [0.1, 0.15) is 0 Å². The summed E-state index contributed by atoms with van der Waals surface area (Å²) in [5.41, 5.74) is 9.97. The summed E-state index contributed by atoms with van der Waals surface area (Å²) in [6.45, 7) is 0. The van der Waals surface area contributed by atoms with Gasteiger partial charge in [-0.2, -0.15) is 0 Å². The van der Waals surface area contributed by atoms with E-state index in [9.17, 15) is 0 Å². The molecule has 0 bridgehead atoms. The first-order chi connectivity index (χ1) is 28.2. The van der Waals surface area contributed by atoms with E-state index < -0.39 is 0 Å². The zero-order valence-corrected chi connectivity index (χ0v) is 31.6. The number of rotatable bonds is 6. The molecule has 3 nitrogen and oxygen atoms in total. The number of thiophene rings is 1. The second-order valence-corrected chi connectivity index (χ2v) is 15.4. The predicted molar refractivity (Wildman–Crippen MR) is 240 cm³/mol. The molecule has 0 saturated heterocycles. The van der Waals surface area contributed by atoms with E-state index in [2.05, 4.69) is 164 Å². The van der Waals surface area contributed by atoms with Crippen LogP contribution in [0.5, 0.6) is 0 Å². The number of nitrogens with zero attached hydrogens (tertiary/aromatic N) is 3. The van der Waals surface area contributed by atoms with Gasteiger partial charge in [0.1, 0.15) is 0 Å². The van der Waals surface area contributed by atoms with Crippen LogP contribution in [0.3, 0.4) is 0 Å². The summed E-state index contributed by atoms with van der Waals surface area (Å²) in [6.07, 6.45) is 0. The van der Waals surface area contributed by atoms with Crippen molar-refractivity contribution in [3.8, 4) is 67.5 Å². The molecule has 0 amide bonds. The van der Waals surface area contributed by atoms with Gasteiger partial charge in [0.2, 0.25) is 0 Å². The van der Waals surface area contributed by atoms with Crippen LogP contribution in [0, 0.1) is 0 Å². The topological polar surface area (TPSA) is 38.7 Å². The Labute approximate surface area is 334 Å². The number of hydrogen-bond donors (Lipinski definition) is 0. The summed E-state index contributed by atoms with van der Waals surface area (Å²) >= 11 is 1.86. The molecule has 0 N–H and O–H groups in total. The third kappa shape index (κ3) is 5.86. The Bertz CT molecular complexity index is 3210. The summed E-state index contributed by atoms with van der Waals surface area (Å²) in [6, 6.07) is 71.1. The lowest BCUT2D eigenvalue weighted by atomic mass is 9.92. The van der Waals surface area contributed by atoms with Crippen LogP contribution in [-0.2, 0) is 0 Å². The molecule has 2 aromatic heterocycles. The molecule has 4 heteroatoms. The van der Waals surface area contributed by atoms with E-state index in [0.29, 0.717) is 17.5 Å². The van der Waals surface area contributed by atoms with Crippen molar-refractivity contribution in [2.75, 3.05) is 0 Å². The van der Waals surface area contributed by atoms with Crippen LogP contribution in [-0.4, -0.2) is 15.0 Å². The third-order valence-corrected chi connectivity index (χ3v) is 12.2. The Hall–Kier alpha value is -7.27. The molecule has 266 valence electrons. The van der Waals surface area contributed by atoms with Gasteiger partial charge in [0, 0.05) is 42.4 Å². The summed E-state index contributed by atoms with van der Waals surface area (Å²) < 4.78 is 2.44. The Kier molecular flexibility index (Phi) is 8.01. The second-order valence-electron chi connectivity index (χ2n) is 14.4. The average Bonchev–Trinajstić information content (AvgIpc) is 3.69. The van der Waals surface area contributed by atoms with Crippen molar-refractivity contribution >= 4 is 53.1 Å². The van der Waals surface area contributed by atoms with Crippen LogP contribution in [0.4, 0.5) is 0 Å². The fourth-order valence-electron chi connectivity index (χ4n) is 8.14. The van der Waals surface area contributed by atoms with Crippen molar-refractivity contribution < 1.29 is 0 Å². The summed E-state index contributed by atoms with van der Waals surface area (Å²) in [5, 5.41) is 7.32. The largest absolute Gasteiger partial charge is 0.208 e. The van der Waals surface area contributed by atoms with Crippen LogP contribution in [0.2, 0.25) is 0 Å². The highest BCUT2D eigenvalue weighted by atomic mass is 32.1. The van der Waals surface area contributed by atoms with E-state index >= 15 is 0 Å². The van der Waals surface area contributed by atoms with E-state index in [-0.39, 0.29) is 0 Å². The van der Waals surface area contributed by atoms with Gasteiger partial charge in [0.05, 0.1) is 0 Å². The molecule has 0 saturated carbocycles. The Morgan fingerprint density at radius 2 is 0.825 bits per heavy atom. The molecule has 9 aromatic carbocycles. The molecule has 0 unspecified atom stereocenters. The lowest BCUT2D eigenvalue weighted by molar-refractivity contribution is 1.08. The van der Waals surface area contributed by atoms with Crippen LogP contribution in [0.15, 0.2) is 200 Å². The monoisotopic (exact) mass is 743 g/mol. The van der Waals surface area contributed by atoms with Gasteiger partial charge in [-0.1, -0.05) is 176 Å². The van der Waals surface area contributed by atoms with Crippen molar-refractivity contribution in [1.82, 2.24) is 15.0 Å². The fraction of sp³-hybridized carbons (Fsp3) is 0. The minimum absolute atomic E-state index is 0.646. The van der Waals surface area contributed by atoms with Crippen molar-refractivity contribution in [3.63, 3.8) is 0 Å². The van der Waals surface area contributed by atoms with Gasteiger partial charge in [-0.3, -0.25) is 0 Å². The quantitative estimate of drug-likeness (QED) is 0.159. The van der Waals surface area contributed by atoms with Crippen LogP contribution < -0.4 is 0 Å². The molecule has 2 heterocycles. The minimum Gasteiger partial charge on any atom is -0.208 e. The predicted octanol–water partition coefficient (Wildman–Crippen LogP) is 14.5. The molecule has 0 aliphatic carbocycles. The smallest absolute Gasteiger partial charge is 0.164 e. The summed E-state index contributed by atoms with van der Waals surface area (Å²) in [4.78, 5) is 15.5. The SMILES string of the molecule is c1ccc(-c2cc(-c3ccccc3)c3sc4c(-c5ccc6c(ccc7ccccc76)c5)ccc(-c5nc(-c6ccccc6)nc(-c6ccccc6)n5)c4c3c2)cc1. The standard InChI is InChI=1S/C53H33N3S/c1-5-15-34(16-6-1)41-32-46(35-17-7-2-8-18-35)49-47(33-41)48-45(53-55-51(37-20-9-3-10-21-37)54-52(56-53)38-22-11-4-12-23-38)30-29-44(50(48)57-49)40-27-28-43-39(31-40)26-25-36-19-13-14-24-42(36)43/h1-33H. The van der Waals surface area contributed by atoms with Gasteiger partial charge in [0.25, 0.3) is 0 Å². The fourth-order valence-corrected chi connectivity index (χ4v) is 9.51. The molecule has 0 aliphatic rings. The normalized spacial score (nSPS) is 11.5. The third-order valence-electron chi connectivity index (χ3n) is 10.9. The van der Waals surface area contributed by atoms with Crippen molar-refractivity contribution in [2.45, 2.75) is 0 Å². The minimum atomic E-state index is 0.646. The maximum atomic E-state index is 5.25. The molecule has 11 aromatic rings. The maximum Gasteiger partial charge on any atom is 0.164 e. The van der Waals surface area contributed by atoms with Crippen LogP contribution in [0.25, 0.3) is 109 Å². The highest BCUT2D eigenvalue weighted by Gasteiger charge is 2.22. The second kappa shape index (κ2) is 13.8. The van der Waals surface area contributed by atoms with Gasteiger partial charge in [-0.15, -0.1) is 11.3 Å². The Morgan fingerprint density at radius 3 is 1.51 bits per heavy atom. The first-order valence-electron chi connectivity index (χ1n) is 19.2. The highest BCUT2D eigenvalue weighted by Crippen LogP contribution is 2.49. The number of hydrogen-bond acceptors (Lipinski definition) is 4. The van der Waals surface area contributed by atoms with E-state index in [0.717, 1.165) is 22.1 Å². The molecule has 0 fully saturated rings. The van der Waals surface area contributed by atoms with Gasteiger partial charge in [0.15, 0.2) is 17.5 Å². The Morgan fingerprint density at radius 1 is 0.281 bits per heavy atom. The maximum absolute atomic E-state index is 5.25. The Balaban J connectivity index is 1.24. The zero-order valence-electron chi connectivity index (χ0n) is 30.8. The molecule has 0 spiro atoms. The van der Waals surface area contributed by atoms with Crippen molar-refractivity contribution in [3.05, 3.63) is 200 Å². The first-order valence-corrected chi connectivity index (χ1v) is 20.0. The van der Waals surface area contributed by atoms with Gasteiger partial charge in [-0.05, 0) is 73.6 Å². The molecular formula is C53H33N3S. The summed E-state index contributed by atoms with van der Waals surface area (Å²) in [7, 11) is 0. The van der Waals surface area contributed by atoms with Crippen molar-refractivity contribution in [2.24, 2.45) is 0 Å². The molecule has 11 rings (SSSR count). The van der Waals surface area contributed by atoms with Gasteiger partial charge >= 0.3 is 0 Å². The molecular weight excluding hydrogens is 711 g/mol. The van der Waals surface area contributed by atoms with Gasteiger partial charge in [-0.25, -0.2) is 15.0 Å². The lowest BCUT2D eigenvalue weighted by Crippen LogP contribution is -2.00. The zero-order chi connectivity index (χ0) is 37.7. The van der Waals surface area contributed by atoms with Gasteiger partial charge < -0.3 is 0 Å². The lowest BCUT2D eigenvalue weighted by Gasteiger charge is -2.13. The molecule has 0 radical (unpaired) electrons. The first kappa shape index (κ1) is 33.1. The molecule has 0 aliphatic heterocycles.